The summed E-state index contributed by atoms with van der Waals surface area (Å²) in [4.78, 5) is 27.5. The van der Waals surface area contributed by atoms with Crippen LogP contribution in [-0.2, 0) is 14.4 Å². The molecule has 0 fully saturated rings. The largest absolute Gasteiger partial charge is 3.00 e. The molecule has 4 N–H and O–H groups in total. The van der Waals surface area contributed by atoms with Gasteiger partial charge < -0.3 is 50.1 Å². The number of carboxylic acids is 3. The number of thiol groups is 3. The molecule has 14 heteroatoms. The maximum Gasteiger partial charge on any atom is 3.00 e. The first-order chi connectivity index (χ1) is 11.1. The Balaban J connectivity index is -0.0000000733. The second-order valence-corrected chi connectivity index (χ2v) is 4.67. The third-order valence-electron chi connectivity index (χ3n) is 1.73. The molecular weight excluding hydrogens is 597 g/mol. The van der Waals surface area contributed by atoms with Gasteiger partial charge in [-0.1, -0.05) is 0 Å². The maximum atomic E-state index is 9.18. The van der Waals surface area contributed by atoms with Gasteiger partial charge in [0.05, 0.1) is 49.8 Å². The molecule has 0 amide bonds. The van der Waals surface area contributed by atoms with Gasteiger partial charge in [0, 0.05) is 17.3 Å². The molecule has 0 spiro atoms. The third kappa shape index (κ3) is 36.0. The summed E-state index contributed by atoms with van der Waals surface area (Å²) in [6.07, 6.45) is 0. The Hall–Kier alpha value is 0.183. The van der Waals surface area contributed by atoms with E-state index in [4.69, 9.17) is 20.4 Å². The monoisotopic (exact) mass is 618 g/mol. The Kier molecular flexibility index (Phi) is 38.2. The zero-order chi connectivity index (χ0) is 20.2. The van der Waals surface area contributed by atoms with Crippen molar-refractivity contribution in [2.75, 3.05) is 43.7 Å². The summed E-state index contributed by atoms with van der Waals surface area (Å²) >= 11 is 10.1. The maximum absolute atomic E-state index is 9.18. The minimum atomic E-state index is -1.13. The fourth-order valence-electron chi connectivity index (χ4n) is 0.300. The number of carbonyl (C=O) groups excluding carboxylic acids is 3. The van der Waals surface area contributed by atoms with Gasteiger partial charge in [-0.2, -0.15) is 37.9 Å². The van der Waals surface area contributed by atoms with E-state index in [0.29, 0.717) is 0 Å². The van der Waals surface area contributed by atoms with E-state index in [-0.39, 0.29) is 43.5 Å². The summed E-state index contributed by atoms with van der Waals surface area (Å²) in [5.41, 5.74) is -1.11. The van der Waals surface area contributed by atoms with Crippen molar-refractivity contribution in [3.8, 4) is 0 Å². The van der Waals surface area contributed by atoms with Crippen LogP contribution < -0.4 is 15.3 Å². The number of aliphatic hydroxyl groups excluding tert-OH is 4. The van der Waals surface area contributed by atoms with Gasteiger partial charge >= 0.3 is 26.2 Å². The average Bonchev–Trinajstić information content (AvgIpc) is 2.59. The molecule has 0 saturated heterocycles. The molecule has 0 aromatic heterocycles. The van der Waals surface area contributed by atoms with Gasteiger partial charge in [-0.25, -0.2) is 0 Å². The standard InChI is InChI=1S/C5H12O4.3C2H4O2S.Bi/c6-1-5(2-7,3-8)4-9;3*3-2(4)1-5;/h6-9H,1-4H2;3*5H,1H2,(H,3,4);/q;;;;+3/p-3. The summed E-state index contributed by atoms with van der Waals surface area (Å²) < 4.78 is 0. The molecule has 2 radical (unpaired) electrons. The second-order valence-electron chi connectivity index (χ2n) is 3.72. The third-order valence-corrected chi connectivity index (χ3v) is 2.50. The van der Waals surface area contributed by atoms with Gasteiger partial charge in [-0.15, -0.1) is 0 Å². The molecule has 0 unspecified atom stereocenters. The smallest absolute Gasteiger partial charge is 0.549 e. The fourth-order valence-corrected chi connectivity index (χ4v) is 0.300. The quantitative estimate of drug-likeness (QED) is 0.106. The number of hydrogen-bond acceptors (Lipinski definition) is 13. The molecule has 0 aromatic rings. The van der Waals surface area contributed by atoms with Gasteiger partial charge in [0.1, 0.15) is 0 Å². The van der Waals surface area contributed by atoms with Gasteiger partial charge in [0.25, 0.3) is 0 Å². The number of hydrogen-bond donors (Lipinski definition) is 7. The number of carboxylic acid groups (broad SMARTS) is 3. The summed E-state index contributed by atoms with van der Waals surface area (Å²) in [7, 11) is 0. The van der Waals surface area contributed by atoms with Gasteiger partial charge in [0.2, 0.25) is 0 Å². The van der Waals surface area contributed by atoms with E-state index in [2.05, 4.69) is 37.9 Å². The van der Waals surface area contributed by atoms with E-state index in [9.17, 15) is 29.7 Å². The SMILES string of the molecule is O=C([O-])CS.O=C([O-])CS.O=C([O-])CS.OCC(CO)(CO)CO.[Bi+3]. The molecule has 25 heavy (non-hydrogen) atoms. The van der Waals surface area contributed by atoms with Crippen molar-refractivity contribution >= 4 is 82.0 Å². The second kappa shape index (κ2) is 26.4. The Labute approximate surface area is 180 Å². The summed E-state index contributed by atoms with van der Waals surface area (Å²) in [6, 6.07) is 0. The van der Waals surface area contributed by atoms with Crippen LogP contribution in [0.25, 0.3) is 0 Å². The predicted octanol–water partition coefficient (Wildman–Crippen LogP) is -6.44. The van der Waals surface area contributed by atoms with Gasteiger partial charge in [-0.3, -0.25) is 0 Å². The number of rotatable bonds is 7. The first kappa shape index (κ1) is 36.2. The van der Waals surface area contributed by atoms with E-state index in [1.165, 1.54) is 0 Å². The van der Waals surface area contributed by atoms with E-state index in [1.807, 2.05) is 0 Å². The molecule has 148 valence electrons. The molecule has 0 aliphatic carbocycles. The van der Waals surface area contributed by atoms with Crippen molar-refractivity contribution in [3.63, 3.8) is 0 Å². The van der Waals surface area contributed by atoms with Gasteiger partial charge in [0.15, 0.2) is 0 Å². The Morgan fingerprint density at radius 3 is 0.760 bits per heavy atom. The summed E-state index contributed by atoms with van der Waals surface area (Å²) in [6.45, 7) is -1.62. The molecule has 0 atom stereocenters. The van der Waals surface area contributed by atoms with Crippen LogP contribution >= 0.6 is 37.9 Å². The van der Waals surface area contributed by atoms with E-state index < -0.39 is 49.8 Å². The minimum absolute atomic E-state index is 0. The molecular formula is C11H21BiO10S3. The first-order valence-electron chi connectivity index (χ1n) is 5.91. The zero-order valence-electron chi connectivity index (χ0n) is 13.0. The average molecular weight is 618 g/mol. The zero-order valence-corrected chi connectivity index (χ0v) is 19.1. The van der Waals surface area contributed by atoms with Crippen LogP contribution in [0, 0.1) is 5.41 Å². The molecule has 0 aromatic carbocycles. The van der Waals surface area contributed by atoms with Crippen molar-refractivity contribution in [2.24, 2.45) is 5.41 Å². The molecule has 0 aliphatic heterocycles. The Morgan fingerprint density at radius 1 is 0.640 bits per heavy atom. The molecule has 0 saturated carbocycles. The molecule has 0 bridgehead atoms. The van der Waals surface area contributed by atoms with Gasteiger partial charge in [-0.05, 0) is 0 Å². The van der Waals surface area contributed by atoms with Crippen molar-refractivity contribution < 1.29 is 50.1 Å². The predicted molar refractivity (Wildman–Crippen MR) is 93.1 cm³/mol. The van der Waals surface area contributed by atoms with Crippen LogP contribution in [0.15, 0.2) is 0 Å². The number of carbonyl (C=O) groups is 3. The molecule has 0 heterocycles. The van der Waals surface area contributed by atoms with Crippen molar-refractivity contribution in [1.29, 1.82) is 0 Å². The first-order valence-corrected chi connectivity index (χ1v) is 7.81. The Bertz CT molecular complexity index is 278. The Morgan fingerprint density at radius 2 is 0.760 bits per heavy atom. The van der Waals surface area contributed by atoms with Crippen LogP contribution in [0.2, 0.25) is 0 Å². The minimum Gasteiger partial charge on any atom is -0.549 e. The number of aliphatic hydroxyl groups is 4. The summed E-state index contributed by atoms with van der Waals surface area (Å²) in [5.74, 6) is -3.98. The fraction of sp³-hybridized carbons (Fsp3) is 0.727. The van der Waals surface area contributed by atoms with Crippen LogP contribution in [0.5, 0.6) is 0 Å². The van der Waals surface area contributed by atoms with Crippen LogP contribution in [0.1, 0.15) is 0 Å². The van der Waals surface area contributed by atoms with Crippen molar-refractivity contribution in [2.45, 2.75) is 0 Å². The van der Waals surface area contributed by atoms with E-state index in [1.54, 1.807) is 0 Å². The summed E-state index contributed by atoms with van der Waals surface area (Å²) in [5, 5.41) is 61.5. The van der Waals surface area contributed by atoms with Crippen LogP contribution in [0.3, 0.4) is 0 Å². The van der Waals surface area contributed by atoms with Crippen LogP contribution in [0.4, 0.5) is 0 Å². The van der Waals surface area contributed by atoms with E-state index in [0.717, 1.165) is 0 Å². The molecule has 10 nitrogen and oxygen atoms in total. The van der Waals surface area contributed by atoms with Crippen molar-refractivity contribution in [3.05, 3.63) is 0 Å². The normalized spacial score (nSPS) is 8.76. The van der Waals surface area contributed by atoms with Crippen LogP contribution in [-0.4, -0.2) is 108 Å². The molecule has 0 rings (SSSR count). The van der Waals surface area contributed by atoms with E-state index >= 15 is 0 Å². The molecule has 0 aliphatic rings. The number of aliphatic carboxylic acids is 3. The topological polar surface area (TPSA) is 201 Å². The van der Waals surface area contributed by atoms with Crippen molar-refractivity contribution in [1.82, 2.24) is 0 Å².